The summed E-state index contributed by atoms with van der Waals surface area (Å²) in [7, 11) is 1.64. The van der Waals surface area contributed by atoms with E-state index in [-0.39, 0.29) is 18.3 Å². The van der Waals surface area contributed by atoms with Crippen LogP contribution < -0.4 is 9.64 Å². The Hall–Kier alpha value is -2.61. The lowest BCUT2D eigenvalue weighted by Crippen LogP contribution is -2.33. The number of carbonyl (C=O) groups excluding carboxylic acids is 1. The molecule has 4 aromatic rings. The number of rotatable bonds is 8. The van der Waals surface area contributed by atoms with E-state index in [4.69, 9.17) is 21.3 Å². The van der Waals surface area contributed by atoms with E-state index in [1.54, 1.807) is 36.7 Å². The number of aryl methyl sites for hydroxylation is 1. The molecular weight excluding hydrogens is 455 g/mol. The lowest BCUT2D eigenvalue weighted by atomic mass is 10.1. The van der Waals surface area contributed by atoms with E-state index in [2.05, 4.69) is 4.98 Å². The summed E-state index contributed by atoms with van der Waals surface area (Å²) in [6.07, 6.45) is 6.54. The summed E-state index contributed by atoms with van der Waals surface area (Å²) < 4.78 is 8.31. The van der Waals surface area contributed by atoms with Gasteiger partial charge >= 0.3 is 0 Å². The van der Waals surface area contributed by atoms with Crippen molar-refractivity contribution in [2.75, 3.05) is 18.6 Å². The Morgan fingerprint density at radius 2 is 2.03 bits per heavy atom. The van der Waals surface area contributed by atoms with E-state index in [1.807, 2.05) is 41.1 Å². The number of nitrogens with zero attached hydrogens (tertiary/aromatic N) is 4. The summed E-state index contributed by atoms with van der Waals surface area (Å²) in [4.78, 5) is 23.8. The van der Waals surface area contributed by atoms with Crippen LogP contribution in [0.5, 0.6) is 5.75 Å². The van der Waals surface area contributed by atoms with Crippen molar-refractivity contribution in [1.29, 1.82) is 0 Å². The maximum absolute atomic E-state index is 13.2. The summed E-state index contributed by atoms with van der Waals surface area (Å²) in [6.45, 7) is 1.35. The van der Waals surface area contributed by atoms with Gasteiger partial charge in [-0.25, -0.2) is 9.97 Å². The highest BCUT2D eigenvalue weighted by molar-refractivity contribution is 7.22. The van der Waals surface area contributed by atoms with Gasteiger partial charge < -0.3 is 9.30 Å². The average molecular weight is 477 g/mol. The Bertz CT molecular complexity index is 1130. The monoisotopic (exact) mass is 476 g/mol. The second-order valence-corrected chi connectivity index (χ2v) is 8.28. The number of thiazole rings is 1. The lowest BCUT2D eigenvalue weighted by Gasteiger charge is -2.20. The van der Waals surface area contributed by atoms with Crippen LogP contribution in [0.1, 0.15) is 12.0 Å². The van der Waals surface area contributed by atoms with Gasteiger partial charge in [-0.05, 0) is 42.3 Å². The second kappa shape index (κ2) is 10.6. The van der Waals surface area contributed by atoms with Gasteiger partial charge in [0.15, 0.2) is 5.13 Å². The van der Waals surface area contributed by atoms with Gasteiger partial charge in [0, 0.05) is 30.5 Å². The zero-order valence-electron chi connectivity index (χ0n) is 16.9. The molecular formula is C22H22Cl2N4O2S. The van der Waals surface area contributed by atoms with Crippen molar-refractivity contribution in [1.82, 2.24) is 14.5 Å². The first kappa shape index (κ1) is 23.1. The zero-order valence-corrected chi connectivity index (χ0v) is 19.3. The number of carbonyl (C=O) groups is 1. The van der Waals surface area contributed by atoms with E-state index in [0.29, 0.717) is 23.1 Å². The zero-order chi connectivity index (χ0) is 20.9. The number of fused-ring (bicyclic) bond motifs is 1. The normalized spacial score (nSPS) is 10.6. The molecule has 0 aliphatic rings. The minimum atomic E-state index is 0. The standard InChI is InChI=1S/C22H21ClN4O2S.ClH/c1-29-18-7-8-19-20(14-18)30-22(25-19)27(11-2-10-26-12-9-24-15-26)21(28)13-16-3-5-17(23)6-4-16;/h3-9,12,14-15H,2,10-11,13H2,1H3;1H. The van der Waals surface area contributed by atoms with E-state index >= 15 is 0 Å². The highest BCUT2D eigenvalue weighted by Crippen LogP contribution is 2.32. The van der Waals surface area contributed by atoms with Gasteiger partial charge in [-0.3, -0.25) is 9.69 Å². The van der Waals surface area contributed by atoms with Crippen molar-refractivity contribution in [2.24, 2.45) is 0 Å². The molecule has 2 heterocycles. The molecule has 0 atom stereocenters. The summed E-state index contributed by atoms with van der Waals surface area (Å²) in [6, 6.07) is 13.1. The predicted octanol–water partition coefficient (Wildman–Crippen LogP) is 5.24. The van der Waals surface area contributed by atoms with Crippen molar-refractivity contribution in [3.8, 4) is 5.75 Å². The number of hydrogen-bond acceptors (Lipinski definition) is 5. The number of imidazole rings is 1. The molecule has 0 fully saturated rings. The minimum absolute atomic E-state index is 0. The molecule has 0 saturated heterocycles. The summed E-state index contributed by atoms with van der Waals surface area (Å²) in [5.74, 6) is 0.783. The van der Waals surface area contributed by atoms with Crippen LogP contribution in [-0.2, 0) is 17.8 Å². The molecule has 1 amide bonds. The van der Waals surface area contributed by atoms with Crippen LogP contribution in [0.4, 0.5) is 5.13 Å². The fourth-order valence-electron chi connectivity index (χ4n) is 3.16. The minimum Gasteiger partial charge on any atom is -0.497 e. The number of anilines is 1. The largest absolute Gasteiger partial charge is 0.497 e. The number of aromatic nitrogens is 3. The van der Waals surface area contributed by atoms with E-state index < -0.39 is 0 Å². The Morgan fingerprint density at radius 1 is 1.23 bits per heavy atom. The van der Waals surface area contributed by atoms with Gasteiger partial charge in [-0.2, -0.15) is 0 Å². The van der Waals surface area contributed by atoms with Gasteiger partial charge in [-0.15, -0.1) is 12.4 Å². The van der Waals surface area contributed by atoms with Crippen LogP contribution in [-0.4, -0.2) is 34.1 Å². The maximum Gasteiger partial charge on any atom is 0.233 e. The molecule has 2 aromatic carbocycles. The quantitative estimate of drug-likeness (QED) is 0.348. The molecule has 0 N–H and O–H groups in total. The van der Waals surface area contributed by atoms with Crippen LogP contribution >= 0.6 is 35.3 Å². The van der Waals surface area contributed by atoms with Crippen molar-refractivity contribution >= 4 is 56.6 Å². The summed E-state index contributed by atoms with van der Waals surface area (Å²) in [5.41, 5.74) is 1.78. The smallest absolute Gasteiger partial charge is 0.233 e. The molecule has 6 nitrogen and oxygen atoms in total. The molecule has 2 aromatic heterocycles. The second-order valence-electron chi connectivity index (χ2n) is 6.83. The van der Waals surface area contributed by atoms with Crippen LogP contribution in [0.25, 0.3) is 10.2 Å². The Balaban J connectivity index is 0.00000272. The molecule has 0 radical (unpaired) electrons. The predicted molar refractivity (Wildman–Crippen MR) is 128 cm³/mol. The molecule has 0 aliphatic carbocycles. The third-order valence-electron chi connectivity index (χ3n) is 4.74. The number of hydrogen-bond donors (Lipinski definition) is 0. The highest BCUT2D eigenvalue weighted by atomic mass is 35.5. The summed E-state index contributed by atoms with van der Waals surface area (Å²) in [5, 5.41) is 1.35. The van der Waals surface area contributed by atoms with Crippen LogP contribution in [0.2, 0.25) is 5.02 Å². The Labute approximate surface area is 195 Å². The topological polar surface area (TPSA) is 60.2 Å². The molecule has 0 bridgehead atoms. The van der Waals surface area contributed by atoms with Crippen molar-refractivity contribution in [3.63, 3.8) is 0 Å². The SMILES string of the molecule is COc1ccc2nc(N(CCCn3ccnc3)C(=O)Cc3ccc(Cl)cc3)sc2c1.Cl. The lowest BCUT2D eigenvalue weighted by molar-refractivity contribution is -0.118. The molecule has 162 valence electrons. The molecule has 0 unspecified atom stereocenters. The van der Waals surface area contributed by atoms with Crippen LogP contribution in [0.3, 0.4) is 0 Å². The number of amides is 1. The van der Waals surface area contributed by atoms with E-state index in [0.717, 1.165) is 34.5 Å². The molecule has 31 heavy (non-hydrogen) atoms. The van der Waals surface area contributed by atoms with Gasteiger partial charge in [0.05, 0.1) is 30.1 Å². The number of benzene rings is 2. The van der Waals surface area contributed by atoms with E-state index in [9.17, 15) is 4.79 Å². The van der Waals surface area contributed by atoms with Crippen molar-refractivity contribution in [3.05, 3.63) is 71.8 Å². The van der Waals surface area contributed by atoms with Crippen molar-refractivity contribution in [2.45, 2.75) is 19.4 Å². The first-order valence-electron chi connectivity index (χ1n) is 9.57. The van der Waals surface area contributed by atoms with Crippen LogP contribution in [0, 0.1) is 0 Å². The molecule has 0 spiro atoms. The first-order chi connectivity index (χ1) is 14.6. The number of ether oxygens (including phenoxy) is 1. The van der Waals surface area contributed by atoms with Crippen molar-refractivity contribution < 1.29 is 9.53 Å². The Kier molecular flexibility index (Phi) is 7.90. The number of methoxy groups -OCH3 is 1. The third kappa shape index (κ3) is 5.76. The Morgan fingerprint density at radius 3 is 2.74 bits per heavy atom. The number of halogens is 2. The van der Waals surface area contributed by atoms with Gasteiger partial charge in [0.2, 0.25) is 5.91 Å². The molecule has 9 heteroatoms. The van der Waals surface area contributed by atoms with Crippen LogP contribution in [0.15, 0.2) is 61.2 Å². The first-order valence-corrected chi connectivity index (χ1v) is 10.8. The van der Waals surface area contributed by atoms with Gasteiger partial charge in [0.25, 0.3) is 0 Å². The molecule has 0 saturated carbocycles. The van der Waals surface area contributed by atoms with E-state index in [1.165, 1.54) is 11.3 Å². The maximum atomic E-state index is 13.2. The highest BCUT2D eigenvalue weighted by Gasteiger charge is 2.20. The third-order valence-corrected chi connectivity index (χ3v) is 6.04. The molecule has 0 aliphatic heterocycles. The molecule has 4 rings (SSSR count). The van der Waals surface area contributed by atoms with Gasteiger partial charge in [-0.1, -0.05) is 35.1 Å². The summed E-state index contributed by atoms with van der Waals surface area (Å²) >= 11 is 7.47. The fourth-order valence-corrected chi connectivity index (χ4v) is 4.33. The fraction of sp³-hybridized carbons (Fsp3) is 0.227. The van der Waals surface area contributed by atoms with Gasteiger partial charge in [0.1, 0.15) is 5.75 Å². The average Bonchev–Trinajstić information content (AvgIpc) is 3.41.